The number of benzene rings is 7. The minimum atomic E-state index is 0.531. The molecule has 0 amide bonds. The minimum absolute atomic E-state index is 0.531. The van der Waals surface area contributed by atoms with Crippen LogP contribution in [0.15, 0.2) is 158 Å². The lowest BCUT2D eigenvalue weighted by Gasteiger charge is -2.19. The smallest absolute Gasteiger partial charge is 0.211 e. The van der Waals surface area contributed by atoms with Crippen LogP contribution in [-0.2, 0) is 0 Å². The molecule has 0 radical (unpaired) electrons. The van der Waals surface area contributed by atoms with Gasteiger partial charge in [-0.1, -0.05) is 127 Å². The van der Waals surface area contributed by atoms with Gasteiger partial charge in [0.2, 0.25) is 11.4 Å². The van der Waals surface area contributed by atoms with Gasteiger partial charge in [0, 0.05) is 21.8 Å². The quantitative estimate of drug-likeness (QED) is 0.177. The molecule has 0 N–H and O–H groups in total. The Bertz CT molecular complexity index is 2760. The summed E-state index contributed by atoms with van der Waals surface area (Å²) in [6, 6.07) is 54.3. The van der Waals surface area contributed by atoms with Crippen LogP contribution in [0.4, 0.5) is 11.4 Å². The normalized spacial score (nSPS) is 11.3. The average Bonchev–Trinajstić information content (AvgIpc) is 3.68. The van der Waals surface area contributed by atoms with E-state index in [-0.39, 0.29) is 0 Å². The largest absolute Gasteiger partial charge is 0.328 e. The van der Waals surface area contributed by atoms with Gasteiger partial charge in [-0.05, 0) is 58.0 Å². The molecule has 0 aliphatic rings. The van der Waals surface area contributed by atoms with Gasteiger partial charge in [-0.3, -0.25) is 0 Å². The van der Waals surface area contributed by atoms with Crippen LogP contribution >= 0.6 is 0 Å². The number of fused-ring (bicyclic) bond motifs is 6. The summed E-state index contributed by atoms with van der Waals surface area (Å²) in [5.41, 5.74) is 11.2. The molecular weight excluding hydrogens is 585 g/mol. The van der Waals surface area contributed by atoms with Crippen molar-refractivity contribution in [2.75, 3.05) is 0 Å². The van der Waals surface area contributed by atoms with Crippen molar-refractivity contribution in [1.82, 2.24) is 9.13 Å². The Balaban J connectivity index is 1.31. The molecule has 0 unspecified atom stereocenters. The van der Waals surface area contributed by atoms with Crippen molar-refractivity contribution in [2.45, 2.75) is 0 Å². The second-order valence-corrected chi connectivity index (χ2v) is 11.9. The summed E-state index contributed by atoms with van der Waals surface area (Å²) in [4.78, 5) is 7.97. The van der Waals surface area contributed by atoms with E-state index in [0.29, 0.717) is 11.4 Å². The van der Waals surface area contributed by atoms with Crippen molar-refractivity contribution >= 4 is 55.0 Å². The van der Waals surface area contributed by atoms with Crippen LogP contribution in [0.25, 0.3) is 86.9 Å². The van der Waals surface area contributed by atoms with Gasteiger partial charge in [0.15, 0.2) is 0 Å². The molecule has 0 aliphatic carbocycles. The summed E-state index contributed by atoms with van der Waals surface area (Å²) in [6.07, 6.45) is 0. The van der Waals surface area contributed by atoms with Gasteiger partial charge in [-0.15, -0.1) is 0 Å². The summed E-state index contributed by atoms with van der Waals surface area (Å²) in [7, 11) is 0. The zero-order valence-electron chi connectivity index (χ0n) is 25.8. The Morgan fingerprint density at radius 1 is 0.396 bits per heavy atom. The summed E-state index contributed by atoms with van der Waals surface area (Å²) in [5.74, 6) is 0. The third-order valence-corrected chi connectivity index (χ3v) is 9.37. The Kier molecular flexibility index (Phi) is 6.22. The first-order chi connectivity index (χ1) is 23.8. The molecule has 4 heteroatoms. The highest BCUT2D eigenvalue weighted by molar-refractivity contribution is 6.14. The third-order valence-electron chi connectivity index (χ3n) is 9.37. The standard InChI is InChI=1S/C44H26N4/c1-45-38-23-12-21-36(43(38)48-42-27-10-7-20-35(42)37-22-13-24-39(46-2)44(37)48)32-17-4-3-16-31(32)29-14-11-15-30(28-29)47-40-25-8-5-18-33(40)34-19-6-9-26-41(34)47/h3-28H. The maximum Gasteiger partial charge on any atom is 0.211 e. The summed E-state index contributed by atoms with van der Waals surface area (Å²) in [5, 5.41) is 4.50. The van der Waals surface area contributed by atoms with Crippen molar-refractivity contribution in [1.29, 1.82) is 0 Å². The Morgan fingerprint density at radius 2 is 0.896 bits per heavy atom. The van der Waals surface area contributed by atoms with Gasteiger partial charge in [0.05, 0.1) is 40.9 Å². The van der Waals surface area contributed by atoms with Crippen LogP contribution in [0.1, 0.15) is 0 Å². The van der Waals surface area contributed by atoms with E-state index in [2.05, 4.69) is 140 Å². The molecule has 0 saturated carbocycles. The molecule has 0 spiro atoms. The minimum Gasteiger partial charge on any atom is -0.328 e. The molecule has 9 rings (SSSR count). The van der Waals surface area contributed by atoms with Gasteiger partial charge >= 0.3 is 0 Å². The molecule has 0 saturated heterocycles. The predicted molar refractivity (Wildman–Crippen MR) is 199 cm³/mol. The molecule has 9 aromatic rings. The van der Waals surface area contributed by atoms with Gasteiger partial charge in [0.1, 0.15) is 0 Å². The molecule has 4 nitrogen and oxygen atoms in total. The lowest BCUT2D eigenvalue weighted by atomic mass is 9.92. The van der Waals surface area contributed by atoms with Gasteiger partial charge in [-0.25, -0.2) is 9.69 Å². The maximum absolute atomic E-state index is 8.27. The van der Waals surface area contributed by atoms with E-state index in [4.69, 9.17) is 13.1 Å². The summed E-state index contributed by atoms with van der Waals surface area (Å²) >= 11 is 0. The molecule has 0 bridgehead atoms. The van der Waals surface area contributed by atoms with E-state index in [1.165, 1.54) is 10.8 Å². The molecule has 48 heavy (non-hydrogen) atoms. The second kappa shape index (κ2) is 10.9. The zero-order valence-corrected chi connectivity index (χ0v) is 25.8. The highest BCUT2D eigenvalue weighted by Crippen LogP contribution is 2.45. The molecule has 0 atom stereocenters. The molecule has 0 aliphatic heterocycles. The van der Waals surface area contributed by atoms with Crippen LogP contribution in [0.5, 0.6) is 0 Å². The van der Waals surface area contributed by atoms with E-state index in [9.17, 15) is 0 Å². The lowest BCUT2D eigenvalue weighted by Crippen LogP contribution is -1.99. The van der Waals surface area contributed by atoms with Gasteiger partial charge < -0.3 is 9.13 Å². The van der Waals surface area contributed by atoms with Crippen LogP contribution in [0, 0.1) is 13.1 Å². The lowest BCUT2D eigenvalue weighted by molar-refractivity contribution is 1.18. The Hall–Kier alpha value is -6.88. The number of aromatic nitrogens is 2. The van der Waals surface area contributed by atoms with Crippen molar-refractivity contribution in [3.63, 3.8) is 0 Å². The van der Waals surface area contributed by atoms with Crippen LogP contribution in [0.2, 0.25) is 0 Å². The predicted octanol–water partition coefficient (Wildman–Crippen LogP) is 12.3. The monoisotopic (exact) mass is 610 g/mol. The van der Waals surface area contributed by atoms with Gasteiger partial charge in [-0.2, -0.15) is 0 Å². The fourth-order valence-electron chi connectivity index (χ4n) is 7.38. The highest BCUT2D eigenvalue weighted by Gasteiger charge is 2.22. The fourth-order valence-corrected chi connectivity index (χ4v) is 7.38. The van der Waals surface area contributed by atoms with Crippen molar-refractivity contribution in [3.8, 4) is 33.6 Å². The SMILES string of the molecule is [C-]#[N+]c1cccc(-c2ccccc2-c2cccc(-n3c4ccccc4c4ccccc43)c2)c1-n1c2ccccc2c2cccc([N+]#[C-])c21. The number of para-hydroxylation sites is 5. The van der Waals surface area contributed by atoms with E-state index < -0.39 is 0 Å². The number of nitrogens with zero attached hydrogens (tertiary/aromatic N) is 4. The third kappa shape index (κ3) is 4.01. The molecule has 2 aromatic heterocycles. The van der Waals surface area contributed by atoms with Crippen molar-refractivity contribution in [2.24, 2.45) is 0 Å². The topological polar surface area (TPSA) is 18.6 Å². The average molecular weight is 611 g/mol. The molecule has 7 aromatic carbocycles. The maximum atomic E-state index is 8.27. The second-order valence-electron chi connectivity index (χ2n) is 11.9. The fraction of sp³-hybridized carbons (Fsp3) is 0. The van der Waals surface area contributed by atoms with Crippen molar-refractivity contribution < 1.29 is 0 Å². The summed E-state index contributed by atoms with van der Waals surface area (Å²) in [6.45, 7) is 16.3. The number of hydrogen-bond donors (Lipinski definition) is 0. The van der Waals surface area contributed by atoms with Gasteiger partial charge in [0.25, 0.3) is 0 Å². The first kappa shape index (κ1) is 27.4. The molecule has 222 valence electrons. The first-order valence-electron chi connectivity index (χ1n) is 15.9. The van der Waals surface area contributed by atoms with E-state index in [1.54, 1.807) is 0 Å². The van der Waals surface area contributed by atoms with Crippen LogP contribution in [0.3, 0.4) is 0 Å². The van der Waals surface area contributed by atoms with Crippen LogP contribution < -0.4 is 0 Å². The number of hydrogen-bond acceptors (Lipinski definition) is 0. The van der Waals surface area contributed by atoms with Crippen LogP contribution in [-0.4, -0.2) is 9.13 Å². The first-order valence-corrected chi connectivity index (χ1v) is 15.9. The Labute approximate surface area is 277 Å². The Morgan fingerprint density at radius 3 is 1.58 bits per heavy atom. The van der Waals surface area contributed by atoms with E-state index in [1.807, 2.05) is 36.4 Å². The molecule has 0 fully saturated rings. The molecule has 2 heterocycles. The van der Waals surface area contributed by atoms with E-state index >= 15 is 0 Å². The van der Waals surface area contributed by atoms with E-state index in [0.717, 1.165) is 66.5 Å². The van der Waals surface area contributed by atoms with Crippen molar-refractivity contribution in [3.05, 3.63) is 181 Å². The number of rotatable bonds is 4. The zero-order chi connectivity index (χ0) is 32.2. The highest BCUT2D eigenvalue weighted by atomic mass is 15.0. The summed E-state index contributed by atoms with van der Waals surface area (Å²) < 4.78 is 4.47. The molecular formula is C44H26N4.